The maximum Gasteiger partial charge on any atom is 0.330 e. The zero-order valence-electron chi connectivity index (χ0n) is 11.3. The molecule has 2 rings (SSSR count). The number of carbonyl (C=O) groups excluding carboxylic acids is 2. The minimum atomic E-state index is -0.572. The number of hydrogen-bond acceptors (Lipinski definition) is 4. The van der Waals surface area contributed by atoms with Crippen molar-refractivity contribution in [1.82, 2.24) is 0 Å². The topological polar surface area (TPSA) is 52.6 Å². The number of esters is 1. The van der Waals surface area contributed by atoms with Crippen molar-refractivity contribution >= 4 is 22.5 Å². The number of ketones is 1. The molecule has 0 N–H and O–H groups in total. The van der Waals surface area contributed by atoms with E-state index in [9.17, 15) is 9.59 Å². The number of methoxy groups -OCH3 is 2. The summed E-state index contributed by atoms with van der Waals surface area (Å²) in [4.78, 5) is 23.4. The van der Waals surface area contributed by atoms with Gasteiger partial charge in [0, 0.05) is 6.08 Å². The van der Waals surface area contributed by atoms with E-state index < -0.39 is 5.97 Å². The van der Waals surface area contributed by atoms with Crippen LogP contribution in [-0.2, 0) is 9.53 Å². The molecule has 0 spiro atoms. The van der Waals surface area contributed by atoms with Crippen molar-refractivity contribution in [2.75, 3.05) is 14.2 Å². The SMILES string of the molecule is COC(=O)/C=C/C(=O)c1c(OC)ccc2ccccc12. The van der Waals surface area contributed by atoms with Gasteiger partial charge in [-0.2, -0.15) is 0 Å². The van der Waals surface area contributed by atoms with Gasteiger partial charge in [0.1, 0.15) is 5.75 Å². The van der Waals surface area contributed by atoms with Gasteiger partial charge in [0.2, 0.25) is 0 Å². The van der Waals surface area contributed by atoms with Crippen LogP contribution in [0, 0.1) is 0 Å². The summed E-state index contributed by atoms with van der Waals surface area (Å²) in [6.45, 7) is 0. The molecule has 2 aromatic carbocycles. The van der Waals surface area contributed by atoms with E-state index in [0.29, 0.717) is 11.3 Å². The summed E-state index contributed by atoms with van der Waals surface area (Å²) >= 11 is 0. The van der Waals surface area contributed by atoms with Gasteiger partial charge in [-0.25, -0.2) is 4.79 Å². The fourth-order valence-electron chi connectivity index (χ4n) is 1.97. The third-order valence-corrected chi connectivity index (χ3v) is 2.93. The Bertz CT molecular complexity index is 686. The van der Waals surface area contributed by atoms with Gasteiger partial charge in [-0.1, -0.05) is 30.3 Å². The Labute approximate surface area is 116 Å². The largest absolute Gasteiger partial charge is 0.496 e. The molecule has 0 aliphatic heterocycles. The fourth-order valence-corrected chi connectivity index (χ4v) is 1.97. The van der Waals surface area contributed by atoms with E-state index in [2.05, 4.69) is 4.74 Å². The number of rotatable bonds is 4. The smallest absolute Gasteiger partial charge is 0.330 e. The zero-order chi connectivity index (χ0) is 14.5. The predicted octanol–water partition coefficient (Wildman–Crippen LogP) is 2.76. The molecule has 0 bridgehead atoms. The molecule has 0 aromatic heterocycles. The van der Waals surface area contributed by atoms with Gasteiger partial charge < -0.3 is 9.47 Å². The van der Waals surface area contributed by atoms with E-state index >= 15 is 0 Å². The molecule has 0 fully saturated rings. The normalized spacial score (nSPS) is 10.7. The summed E-state index contributed by atoms with van der Waals surface area (Å²) in [6.07, 6.45) is 2.29. The quantitative estimate of drug-likeness (QED) is 0.487. The average molecular weight is 270 g/mol. The number of allylic oxidation sites excluding steroid dienone is 1. The monoisotopic (exact) mass is 270 g/mol. The van der Waals surface area contributed by atoms with E-state index in [-0.39, 0.29) is 5.78 Å². The number of fused-ring (bicyclic) bond motifs is 1. The Balaban J connectivity index is 2.53. The minimum absolute atomic E-state index is 0.302. The molecule has 2 aromatic rings. The van der Waals surface area contributed by atoms with Crippen molar-refractivity contribution in [2.45, 2.75) is 0 Å². The van der Waals surface area contributed by atoms with Crippen LogP contribution in [0.25, 0.3) is 10.8 Å². The molecule has 102 valence electrons. The molecule has 0 heterocycles. The number of carbonyl (C=O) groups is 2. The van der Waals surface area contributed by atoms with Gasteiger partial charge in [0.25, 0.3) is 0 Å². The van der Waals surface area contributed by atoms with Gasteiger partial charge in [-0.05, 0) is 22.9 Å². The summed E-state index contributed by atoms with van der Waals surface area (Å²) in [5.41, 5.74) is 0.436. The maximum absolute atomic E-state index is 12.3. The number of ether oxygens (including phenoxy) is 2. The van der Waals surface area contributed by atoms with Crippen molar-refractivity contribution in [3.8, 4) is 5.75 Å². The Morgan fingerprint density at radius 1 is 1.00 bits per heavy atom. The van der Waals surface area contributed by atoms with Gasteiger partial charge in [0.15, 0.2) is 5.78 Å². The Kier molecular flexibility index (Phi) is 4.15. The second-order valence-electron chi connectivity index (χ2n) is 4.08. The Hall–Kier alpha value is -2.62. The maximum atomic E-state index is 12.3. The first kappa shape index (κ1) is 13.8. The highest BCUT2D eigenvalue weighted by molar-refractivity contribution is 6.16. The van der Waals surface area contributed by atoms with E-state index in [1.807, 2.05) is 30.3 Å². The highest BCUT2D eigenvalue weighted by Crippen LogP contribution is 2.28. The fraction of sp³-hybridized carbons (Fsp3) is 0.125. The predicted molar refractivity (Wildman–Crippen MR) is 76.0 cm³/mol. The minimum Gasteiger partial charge on any atom is -0.496 e. The third-order valence-electron chi connectivity index (χ3n) is 2.93. The second-order valence-corrected chi connectivity index (χ2v) is 4.08. The van der Waals surface area contributed by atoms with Crippen LogP contribution in [-0.4, -0.2) is 26.0 Å². The van der Waals surface area contributed by atoms with E-state index in [4.69, 9.17) is 4.74 Å². The lowest BCUT2D eigenvalue weighted by Gasteiger charge is -2.09. The molecule has 0 saturated carbocycles. The molecule has 0 aliphatic carbocycles. The van der Waals surface area contributed by atoms with Crippen LogP contribution in [0.5, 0.6) is 5.75 Å². The van der Waals surface area contributed by atoms with Crippen LogP contribution < -0.4 is 4.74 Å². The molecule has 0 unspecified atom stereocenters. The van der Waals surface area contributed by atoms with Crippen LogP contribution >= 0.6 is 0 Å². The highest BCUT2D eigenvalue weighted by atomic mass is 16.5. The molecule has 4 heteroatoms. The van der Waals surface area contributed by atoms with Gasteiger partial charge >= 0.3 is 5.97 Å². The van der Waals surface area contributed by atoms with Crippen molar-refractivity contribution in [2.24, 2.45) is 0 Å². The first-order valence-corrected chi connectivity index (χ1v) is 6.03. The molecular formula is C16H14O4. The van der Waals surface area contributed by atoms with Crippen LogP contribution in [0.1, 0.15) is 10.4 Å². The highest BCUT2D eigenvalue weighted by Gasteiger charge is 2.14. The van der Waals surface area contributed by atoms with Gasteiger partial charge in [-0.3, -0.25) is 4.79 Å². The summed E-state index contributed by atoms with van der Waals surface area (Å²) < 4.78 is 9.71. The Morgan fingerprint density at radius 2 is 1.75 bits per heavy atom. The summed E-state index contributed by atoms with van der Waals surface area (Å²) in [5.74, 6) is -0.398. The lowest BCUT2D eigenvalue weighted by molar-refractivity contribution is -0.134. The van der Waals surface area contributed by atoms with Crippen LogP contribution in [0.4, 0.5) is 0 Å². The van der Waals surface area contributed by atoms with Crippen LogP contribution in [0.15, 0.2) is 48.6 Å². The van der Waals surface area contributed by atoms with Crippen molar-refractivity contribution < 1.29 is 19.1 Å². The lowest BCUT2D eigenvalue weighted by Crippen LogP contribution is -2.02. The second kappa shape index (κ2) is 6.02. The standard InChI is InChI=1S/C16H14O4/c1-19-14-9-7-11-5-3-4-6-12(11)16(14)13(17)8-10-15(18)20-2/h3-10H,1-2H3/b10-8+. The van der Waals surface area contributed by atoms with E-state index in [1.54, 1.807) is 6.07 Å². The van der Waals surface area contributed by atoms with E-state index in [1.165, 1.54) is 20.3 Å². The van der Waals surface area contributed by atoms with Crippen LogP contribution in [0.2, 0.25) is 0 Å². The molecule has 20 heavy (non-hydrogen) atoms. The summed E-state index contributed by atoms with van der Waals surface area (Å²) in [6, 6.07) is 11.1. The van der Waals surface area contributed by atoms with Crippen molar-refractivity contribution in [1.29, 1.82) is 0 Å². The molecule has 0 radical (unpaired) electrons. The molecule has 0 atom stereocenters. The molecule has 0 saturated heterocycles. The lowest BCUT2D eigenvalue weighted by atomic mass is 10.00. The first-order valence-electron chi connectivity index (χ1n) is 6.03. The van der Waals surface area contributed by atoms with Crippen LogP contribution in [0.3, 0.4) is 0 Å². The van der Waals surface area contributed by atoms with Gasteiger partial charge in [-0.15, -0.1) is 0 Å². The molecule has 0 amide bonds. The van der Waals surface area contributed by atoms with Gasteiger partial charge in [0.05, 0.1) is 19.8 Å². The number of hydrogen-bond donors (Lipinski definition) is 0. The van der Waals surface area contributed by atoms with Crippen molar-refractivity contribution in [3.63, 3.8) is 0 Å². The molecule has 4 nitrogen and oxygen atoms in total. The first-order chi connectivity index (χ1) is 9.67. The zero-order valence-corrected chi connectivity index (χ0v) is 11.3. The average Bonchev–Trinajstić information content (AvgIpc) is 2.50. The summed E-state index contributed by atoms with van der Waals surface area (Å²) in [5, 5.41) is 1.72. The number of benzene rings is 2. The van der Waals surface area contributed by atoms with E-state index in [0.717, 1.165) is 16.8 Å². The third kappa shape index (κ3) is 2.69. The van der Waals surface area contributed by atoms with Crippen molar-refractivity contribution in [3.05, 3.63) is 54.1 Å². The molecular weight excluding hydrogens is 256 g/mol. The summed E-state index contributed by atoms with van der Waals surface area (Å²) in [7, 11) is 2.76. The Morgan fingerprint density at radius 3 is 2.45 bits per heavy atom. The molecule has 0 aliphatic rings.